The fourth-order valence-electron chi connectivity index (χ4n) is 2.49. The lowest BCUT2D eigenvalue weighted by Gasteiger charge is -2.23. The molecular formula is C19H21N3O2. The smallest absolute Gasteiger partial charge is 0.251 e. The van der Waals surface area contributed by atoms with E-state index >= 15 is 0 Å². The number of nitriles is 1. The van der Waals surface area contributed by atoms with Gasteiger partial charge in [-0.05, 0) is 28.8 Å². The summed E-state index contributed by atoms with van der Waals surface area (Å²) in [6, 6.07) is 14.4. The lowest BCUT2D eigenvalue weighted by Crippen LogP contribution is -2.50. The molecule has 124 valence electrons. The first kappa shape index (κ1) is 17.5. The van der Waals surface area contributed by atoms with Crippen molar-refractivity contribution in [2.24, 2.45) is 5.92 Å². The van der Waals surface area contributed by atoms with Gasteiger partial charge in [0.1, 0.15) is 12.6 Å². The summed E-state index contributed by atoms with van der Waals surface area (Å²) in [5, 5.41) is 15.9. The maximum atomic E-state index is 12.5. The van der Waals surface area contributed by atoms with Crippen LogP contribution in [0.2, 0.25) is 0 Å². The van der Waals surface area contributed by atoms with Gasteiger partial charge in [0.2, 0.25) is 5.91 Å². The number of carbonyl (C=O) groups excluding carboxylic acids is 2. The van der Waals surface area contributed by atoms with E-state index in [9.17, 15) is 9.59 Å². The average molecular weight is 323 g/mol. The van der Waals surface area contributed by atoms with Crippen LogP contribution < -0.4 is 10.6 Å². The summed E-state index contributed by atoms with van der Waals surface area (Å²) < 4.78 is 0. The molecule has 0 heterocycles. The van der Waals surface area contributed by atoms with Crippen molar-refractivity contribution in [3.05, 3.63) is 48.0 Å². The Morgan fingerprint density at radius 1 is 1.17 bits per heavy atom. The molecule has 0 spiro atoms. The first-order valence-electron chi connectivity index (χ1n) is 8.01. The van der Waals surface area contributed by atoms with Crippen molar-refractivity contribution < 1.29 is 9.59 Å². The monoisotopic (exact) mass is 323 g/mol. The molecular weight excluding hydrogens is 302 g/mol. The van der Waals surface area contributed by atoms with Crippen LogP contribution in [0.25, 0.3) is 10.8 Å². The molecule has 2 atom stereocenters. The molecule has 2 aromatic carbocycles. The van der Waals surface area contributed by atoms with Gasteiger partial charge < -0.3 is 10.6 Å². The molecule has 2 N–H and O–H groups in total. The third kappa shape index (κ3) is 4.11. The molecule has 0 fully saturated rings. The van der Waals surface area contributed by atoms with Crippen LogP contribution in [0.5, 0.6) is 0 Å². The average Bonchev–Trinajstić information content (AvgIpc) is 2.62. The van der Waals surface area contributed by atoms with Crippen LogP contribution in [0.4, 0.5) is 0 Å². The molecule has 0 aromatic heterocycles. The summed E-state index contributed by atoms with van der Waals surface area (Å²) in [5.41, 5.74) is 0.509. The van der Waals surface area contributed by atoms with Gasteiger partial charge in [-0.2, -0.15) is 5.26 Å². The predicted molar refractivity (Wildman–Crippen MR) is 93.3 cm³/mol. The van der Waals surface area contributed by atoms with Crippen LogP contribution in [-0.2, 0) is 4.79 Å². The van der Waals surface area contributed by atoms with Crippen molar-refractivity contribution in [2.75, 3.05) is 6.54 Å². The van der Waals surface area contributed by atoms with Gasteiger partial charge >= 0.3 is 0 Å². The molecule has 2 unspecified atom stereocenters. The summed E-state index contributed by atoms with van der Waals surface area (Å²) in [7, 11) is 0. The highest BCUT2D eigenvalue weighted by Crippen LogP contribution is 2.16. The topological polar surface area (TPSA) is 82.0 Å². The van der Waals surface area contributed by atoms with E-state index in [2.05, 4.69) is 10.6 Å². The Labute approximate surface area is 141 Å². The van der Waals surface area contributed by atoms with Gasteiger partial charge in [-0.25, -0.2) is 0 Å². The molecule has 0 saturated carbocycles. The van der Waals surface area contributed by atoms with E-state index in [1.807, 2.05) is 56.3 Å². The fourth-order valence-corrected chi connectivity index (χ4v) is 2.49. The van der Waals surface area contributed by atoms with Crippen molar-refractivity contribution in [3.63, 3.8) is 0 Å². The molecule has 0 bridgehead atoms. The molecule has 0 aliphatic rings. The van der Waals surface area contributed by atoms with Gasteiger partial charge in [-0.3, -0.25) is 9.59 Å². The Morgan fingerprint density at radius 3 is 2.54 bits per heavy atom. The standard InChI is InChI=1S/C19H21N3O2/c1-3-13(2)17(19(24)21-11-10-20)22-18(23)16-9-8-14-6-4-5-7-15(14)12-16/h4-9,12-13,17H,3,11H2,1-2H3,(H,21,24)(H,22,23). The van der Waals surface area contributed by atoms with Gasteiger partial charge in [0.25, 0.3) is 5.91 Å². The minimum absolute atomic E-state index is 0.0342. The number of fused-ring (bicyclic) bond motifs is 1. The highest BCUT2D eigenvalue weighted by atomic mass is 16.2. The first-order chi connectivity index (χ1) is 11.6. The van der Waals surface area contributed by atoms with Gasteiger partial charge in [0.15, 0.2) is 0 Å². The van der Waals surface area contributed by atoms with E-state index in [1.54, 1.807) is 6.07 Å². The van der Waals surface area contributed by atoms with E-state index in [-0.39, 0.29) is 24.3 Å². The normalized spacial score (nSPS) is 12.9. The van der Waals surface area contributed by atoms with E-state index in [0.717, 1.165) is 17.2 Å². The molecule has 2 amide bonds. The Balaban J connectivity index is 2.19. The van der Waals surface area contributed by atoms with Gasteiger partial charge in [0, 0.05) is 5.56 Å². The zero-order valence-electron chi connectivity index (χ0n) is 13.9. The lowest BCUT2D eigenvalue weighted by molar-refractivity contribution is -0.123. The highest BCUT2D eigenvalue weighted by Gasteiger charge is 2.26. The molecule has 2 rings (SSSR count). The van der Waals surface area contributed by atoms with Crippen LogP contribution in [-0.4, -0.2) is 24.4 Å². The number of nitrogens with zero attached hydrogens (tertiary/aromatic N) is 1. The van der Waals surface area contributed by atoms with Crippen LogP contribution in [0.1, 0.15) is 30.6 Å². The van der Waals surface area contributed by atoms with E-state index in [1.165, 1.54) is 0 Å². The van der Waals surface area contributed by atoms with Crippen molar-refractivity contribution in [1.29, 1.82) is 5.26 Å². The third-order valence-electron chi connectivity index (χ3n) is 4.14. The fraction of sp³-hybridized carbons (Fsp3) is 0.316. The number of rotatable bonds is 6. The molecule has 2 aromatic rings. The van der Waals surface area contributed by atoms with E-state index in [0.29, 0.717) is 5.56 Å². The Bertz CT molecular complexity index is 780. The van der Waals surface area contributed by atoms with Crippen LogP contribution in [0.15, 0.2) is 42.5 Å². The maximum absolute atomic E-state index is 12.5. The molecule has 5 heteroatoms. The van der Waals surface area contributed by atoms with Crippen molar-refractivity contribution >= 4 is 22.6 Å². The predicted octanol–water partition coefficient (Wildman–Crippen LogP) is 2.62. The molecule has 24 heavy (non-hydrogen) atoms. The summed E-state index contributed by atoms with van der Waals surface area (Å²) in [6.45, 7) is 3.78. The van der Waals surface area contributed by atoms with Gasteiger partial charge in [-0.15, -0.1) is 0 Å². The highest BCUT2D eigenvalue weighted by molar-refractivity contribution is 6.00. The quantitative estimate of drug-likeness (QED) is 0.802. The Kier molecular flexibility index (Phi) is 5.91. The summed E-state index contributed by atoms with van der Waals surface area (Å²) >= 11 is 0. The van der Waals surface area contributed by atoms with Crippen LogP contribution in [0.3, 0.4) is 0 Å². The van der Waals surface area contributed by atoms with Crippen molar-refractivity contribution in [2.45, 2.75) is 26.3 Å². The molecule has 0 aliphatic heterocycles. The van der Waals surface area contributed by atoms with E-state index in [4.69, 9.17) is 5.26 Å². The Hall–Kier alpha value is -2.87. The largest absolute Gasteiger partial charge is 0.341 e. The second-order valence-corrected chi connectivity index (χ2v) is 5.77. The summed E-state index contributed by atoms with van der Waals surface area (Å²) in [6.07, 6.45) is 0.739. The maximum Gasteiger partial charge on any atom is 0.251 e. The number of hydrogen-bond donors (Lipinski definition) is 2. The van der Waals surface area contributed by atoms with E-state index < -0.39 is 6.04 Å². The van der Waals surface area contributed by atoms with Crippen molar-refractivity contribution in [1.82, 2.24) is 10.6 Å². The summed E-state index contributed by atoms with van der Waals surface area (Å²) in [5.74, 6) is -0.661. The molecule has 5 nitrogen and oxygen atoms in total. The van der Waals surface area contributed by atoms with Crippen molar-refractivity contribution in [3.8, 4) is 6.07 Å². The SMILES string of the molecule is CCC(C)C(NC(=O)c1ccc2ccccc2c1)C(=O)NCC#N. The van der Waals surface area contributed by atoms with Crippen LogP contribution >= 0.6 is 0 Å². The van der Waals surface area contributed by atoms with Gasteiger partial charge in [-0.1, -0.05) is 50.6 Å². The lowest BCUT2D eigenvalue weighted by atomic mass is 9.97. The van der Waals surface area contributed by atoms with Crippen LogP contribution in [0, 0.1) is 17.2 Å². The zero-order valence-corrected chi connectivity index (χ0v) is 13.9. The minimum Gasteiger partial charge on any atom is -0.341 e. The number of benzene rings is 2. The molecule has 0 saturated heterocycles. The summed E-state index contributed by atoms with van der Waals surface area (Å²) in [4.78, 5) is 24.7. The third-order valence-corrected chi connectivity index (χ3v) is 4.14. The minimum atomic E-state index is -0.665. The number of nitrogens with one attached hydrogen (secondary N) is 2. The molecule has 0 radical (unpaired) electrons. The Morgan fingerprint density at radius 2 is 1.88 bits per heavy atom. The number of amides is 2. The molecule has 0 aliphatic carbocycles. The zero-order chi connectivity index (χ0) is 17.5. The first-order valence-corrected chi connectivity index (χ1v) is 8.01. The number of hydrogen-bond acceptors (Lipinski definition) is 3. The second-order valence-electron chi connectivity index (χ2n) is 5.77. The number of carbonyl (C=O) groups is 2. The second kappa shape index (κ2) is 8.11. The van der Waals surface area contributed by atoms with Gasteiger partial charge in [0.05, 0.1) is 6.07 Å².